The highest BCUT2D eigenvalue weighted by Gasteiger charge is 2.14. The lowest BCUT2D eigenvalue weighted by Gasteiger charge is -2.10. The second-order valence-electron chi connectivity index (χ2n) is 7.59. The number of halogens is 1. The number of nitrogen functional groups attached to an aromatic ring is 1. The Labute approximate surface area is 188 Å². The third-order valence-electron chi connectivity index (χ3n) is 5.32. The predicted molar refractivity (Wildman–Crippen MR) is 123 cm³/mol. The van der Waals surface area contributed by atoms with Gasteiger partial charge in [0.05, 0.1) is 30.1 Å². The first-order valence-corrected chi connectivity index (χ1v) is 10.3. The quantitative estimate of drug-likeness (QED) is 0.223. The average Bonchev–Trinajstić information content (AvgIpc) is 3.39. The number of hydrogen-bond acceptors (Lipinski definition) is 5. The molecule has 0 amide bonds. The summed E-state index contributed by atoms with van der Waals surface area (Å²) in [5.74, 6) is 1.91. The number of benzene rings is 3. The monoisotopic (exact) mass is 444 g/mol. The Hall–Kier alpha value is -4.40. The molecule has 33 heavy (non-hydrogen) atoms. The van der Waals surface area contributed by atoms with Crippen LogP contribution in [0.15, 0.2) is 54.6 Å². The van der Waals surface area contributed by atoms with E-state index in [-0.39, 0.29) is 12.4 Å². The zero-order chi connectivity index (χ0) is 22.9. The van der Waals surface area contributed by atoms with Crippen molar-refractivity contribution >= 4 is 27.9 Å². The first kappa shape index (κ1) is 20.5. The lowest BCUT2D eigenvalue weighted by Crippen LogP contribution is -2.10. The molecule has 0 aliphatic heterocycles. The summed E-state index contributed by atoms with van der Waals surface area (Å²) in [6, 6.07) is 15.6. The predicted octanol–water partition coefficient (Wildman–Crippen LogP) is 4.04. The van der Waals surface area contributed by atoms with Crippen LogP contribution in [0.2, 0.25) is 0 Å². The molecule has 3 aromatic carbocycles. The summed E-state index contributed by atoms with van der Waals surface area (Å²) in [5.41, 5.74) is 9.65. The highest BCUT2D eigenvalue weighted by atomic mass is 19.1. The minimum Gasteiger partial charge on any atom is -0.496 e. The van der Waals surface area contributed by atoms with Crippen molar-refractivity contribution < 1.29 is 13.9 Å². The summed E-state index contributed by atoms with van der Waals surface area (Å²) in [4.78, 5) is 15.6. The SMILES string of the molecule is COc1ccccc1COc1cc(F)cc2[nH]c(Cc3nc4ccc(C(=N)N)cc4[nH]3)nc12. The molecule has 0 aliphatic carbocycles. The number of aromatic amines is 2. The fourth-order valence-corrected chi connectivity index (χ4v) is 3.75. The molecular weight excluding hydrogens is 423 g/mol. The number of nitrogens with zero attached hydrogens (tertiary/aromatic N) is 2. The van der Waals surface area contributed by atoms with Gasteiger partial charge in [0.2, 0.25) is 0 Å². The lowest BCUT2D eigenvalue weighted by molar-refractivity contribution is 0.298. The van der Waals surface area contributed by atoms with Crippen molar-refractivity contribution in [1.29, 1.82) is 5.41 Å². The molecule has 166 valence electrons. The molecule has 5 aromatic rings. The summed E-state index contributed by atoms with van der Waals surface area (Å²) < 4.78 is 25.5. The second kappa shape index (κ2) is 8.27. The fourth-order valence-electron chi connectivity index (χ4n) is 3.75. The largest absolute Gasteiger partial charge is 0.496 e. The minimum absolute atomic E-state index is 0.00647. The van der Waals surface area contributed by atoms with E-state index in [0.717, 1.165) is 16.6 Å². The maximum absolute atomic E-state index is 14.2. The van der Waals surface area contributed by atoms with E-state index < -0.39 is 5.82 Å². The number of methoxy groups -OCH3 is 1. The number of nitrogens with one attached hydrogen (secondary N) is 3. The molecule has 5 rings (SSSR count). The Morgan fingerprint density at radius 3 is 2.61 bits per heavy atom. The number of nitrogens with two attached hydrogens (primary N) is 1. The number of aromatic nitrogens is 4. The van der Waals surface area contributed by atoms with Gasteiger partial charge in [0.15, 0.2) is 5.75 Å². The smallest absolute Gasteiger partial charge is 0.150 e. The molecule has 0 saturated carbocycles. The van der Waals surface area contributed by atoms with Gasteiger partial charge in [-0.1, -0.05) is 18.2 Å². The van der Waals surface area contributed by atoms with Crippen molar-refractivity contribution in [3.05, 3.63) is 83.2 Å². The second-order valence-corrected chi connectivity index (χ2v) is 7.59. The van der Waals surface area contributed by atoms with Crippen LogP contribution >= 0.6 is 0 Å². The third kappa shape index (κ3) is 4.08. The Balaban J connectivity index is 1.42. The minimum atomic E-state index is -0.423. The highest BCUT2D eigenvalue weighted by molar-refractivity contribution is 5.97. The van der Waals surface area contributed by atoms with Crippen molar-refractivity contribution in [3.63, 3.8) is 0 Å². The number of rotatable bonds is 7. The van der Waals surface area contributed by atoms with Gasteiger partial charge < -0.3 is 25.2 Å². The van der Waals surface area contributed by atoms with Gasteiger partial charge in [-0.25, -0.2) is 14.4 Å². The van der Waals surface area contributed by atoms with E-state index in [4.69, 9.17) is 20.6 Å². The Bertz CT molecular complexity index is 1490. The van der Waals surface area contributed by atoms with Gasteiger partial charge >= 0.3 is 0 Å². The normalized spacial score (nSPS) is 11.2. The van der Waals surface area contributed by atoms with Crippen LogP contribution < -0.4 is 15.2 Å². The first-order valence-electron chi connectivity index (χ1n) is 10.3. The van der Waals surface area contributed by atoms with Crippen LogP contribution in [0.1, 0.15) is 22.8 Å². The van der Waals surface area contributed by atoms with E-state index in [1.165, 1.54) is 12.1 Å². The van der Waals surface area contributed by atoms with Crippen molar-refractivity contribution in [3.8, 4) is 11.5 Å². The molecule has 0 aliphatic rings. The van der Waals surface area contributed by atoms with E-state index in [2.05, 4.69) is 19.9 Å². The molecule has 0 spiro atoms. The molecule has 2 heterocycles. The molecule has 5 N–H and O–H groups in total. The molecule has 0 saturated heterocycles. The van der Waals surface area contributed by atoms with Gasteiger partial charge in [0.25, 0.3) is 0 Å². The molecule has 0 unspecified atom stereocenters. The summed E-state index contributed by atoms with van der Waals surface area (Å²) in [6.07, 6.45) is 0.381. The molecule has 0 atom stereocenters. The van der Waals surface area contributed by atoms with Crippen LogP contribution in [0.25, 0.3) is 22.1 Å². The average molecular weight is 444 g/mol. The van der Waals surface area contributed by atoms with Gasteiger partial charge in [-0.3, -0.25) is 5.41 Å². The van der Waals surface area contributed by atoms with E-state index >= 15 is 0 Å². The number of hydrogen-bond donors (Lipinski definition) is 4. The molecule has 0 radical (unpaired) electrons. The highest BCUT2D eigenvalue weighted by Crippen LogP contribution is 2.28. The van der Waals surface area contributed by atoms with Gasteiger partial charge in [-0.05, 0) is 30.3 Å². The lowest BCUT2D eigenvalue weighted by atomic mass is 10.2. The van der Waals surface area contributed by atoms with Crippen molar-refractivity contribution in [2.75, 3.05) is 7.11 Å². The Morgan fingerprint density at radius 2 is 1.79 bits per heavy atom. The summed E-state index contributed by atoms with van der Waals surface area (Å²) in [7, 11) is 1.60. The Morgan fingerprint density at radius 1 is 1.00 bits per heavy atom. The number of ether oxygens (including phenoxy) is 2. The summed E-state index contributed by atoms with van der Waals surface area (Å²) >= 11 is 0. The van der Waals surface area contributed by atoms with Gasteiger partial charge in [-0.2, -0.15) is 0 Å². The fraction of sp³-hybridized carbons (Fsp3) is 0.125. The molecule has 0 bridgehead atoms. The standard InChI is InChI=1S/C24H21FN6O2/c1-32-19-5-3-2-4-14(19)12-33-20-10-15(25)9-18-23(20)31-22(30-18)11-21-28-16-7-6-13(24(26)27)8-17(16)29-21/h2-10H,11-12H2,1H3,(H3,26,27)(H,28,29)(H,30,31). The van der Waals surface area contributed by atoms with Gasteiger partial charge in [0, 0.05) is 17.2 Å². The number of H-pyrrole nitrogens is 2. The molecule has 9 heteroatoms. The van der Waals surface area contributed by atoms with Crippen LogP contribution in [0.5, 0.6) is 11.5 Å². The zero-order valence-corrected chi connectivity index (χ0v) is 17.8. The topological polar surface area (TPSA) is 126 Å². The zero-order valence-electron chi connectivity index (χ0n) is 17.8. The Kier molecular flexibility index (Phi) is 5.14. The molecule has 2 aromatic heterocycles. The number of amidine groups is 1. The van der Waals surface area contributed by atoms with Gasteiger partial charge in [-0.15, -0.1) is 0 Å². The van der Waals surface area contributed by atoms with E-state index in [9.17, 15) is 4.39 Å². The van der Waals surface area contributed by atoms with E-state index in [0.29, 0.717) is 46.2 Å². The molecular formula is C24H21FN6O2. The van der Waals surface area contributed by atoms with Crippen LogP contribution in [-0.2, 0) is 13.0 Å². The van der Waals surface area contributed by atoms with Crippen molar-refractivity contribution in [1.82, 2.24) is 19.9 Å². The van der Waals surface area contributed by atoms with E-state index in [1.54, 1.807) is 19.2 Å². The van der Waals surface area contributed by atoms with Crippen LogP contribution in [0, 0.1) is 11.2 Å². The third-order valence-corrected chi connectivity index (χ3v) is 5.32. The maximum atomic E-state index is 14.2. The van der Waals surface area contributed by atoms with Crippen LogP contribution in [0.3, 0.4) is 0 Å². The molecule has 0 fully saturated rings. The van der Waals surface area contributed by atoms with Crippen molar-refractivity contribution in [2.45, 2.75) is 13.0 Å². The van der Waals surface area contributed by atoms with E-state index in [1.807, 2.05) is 30.3 Å². The van der Waals surface area contributed by atoms with Crippen molar-refractivity contribution in [2.24, 2.45) is 5.73 Å². The van der Waals surface area contributed by atoms with Crippen LogP contribution in [-0.4, -0.2) is 32.9 Å². The molecule has 8 nitrogen and oxygen atoms in total. The number of imidazole rings is 2. The maximum Gasteiger partial charge on any atom is 0.150 e. The number of para-hydroxylation sites is 1. The van der Waals surface area contributed by atoms with Crippen LogP contribution in [0.4, 0.5) is 4.39 Å². The first-order chi connectivity index (χ1) is 16.0. The number of fused-ring (bicyclic) bond motifs is 2. The summed E-state index contributed by atoms with van der Waals surface area (Å²) in [5, 5.41) is 7.59. The summed E-state index contributed by atoms with van der Waals surface area (Å²) in [6.45, 7) is 0.215. The van der Waals surface area contributed by atoms with Gasteiger partial charge in [0.1, 0.15) is 41.2 Å².